The van der Waals surface area contributed by atoms with Gasteiger partial charge in [0.1, 0.15) is 10.8 Å². The number of benzene rings is 1. The van der Waals surface area contributed by atoms with Gasteiger partial charge >= 0.3 is 0 Å². The van der Waals surface area contributed by atoms with Gasteiger partial charge in [0.25, 0.3) is 5.91 Å². The highest BCUT2D eigenvalue weighted by Gasteiger charge is 2.18. The Morgan fingerprint density at radius 3 is 2.62 bits per heavy atom. The average molecular weight is 465 g/mol. The molecule has 32 heavy (non-hydrogen) atoms. The van der Waals surface area contributed by atoms with Crippen molar-refractivity contribution in [3.05, 3.63) is 81.7 Å². The first-order chi connectivity index (χ1) is 15.4. The Kier molecular flexibility index (Phi) is 6.48. The molecule has 1 N–H and O–H groups in total. The SMILES string of the molecule is COc1ccc(CNC(=O)c2cc(-c3cncc(C)c3)ncc2-c2ncc(C)s2)cc1Cl. The Balaban J connectivity index is 1.67. The molecule has 3 heterocycles. The molecule has 0 unspecified atom stereocenters. The van der Waals surface area contributed by atoms with Crippen molar-refractivity contribution in [1.82, 2.24) is 20.3 Å². The van der Waals surface area contributed by atoms with E-state index in [-0.39, 0.29) is 5.91 Å². The normalized spacial score (nSPS) is 10.8. The van der Waals surface area contributed by atoms with Crippen molar-refractivity contribution in [2.75, 3.05) is 7.11 Å². The number of methoxy groups -OCH3 is 1. The van der Waals surface area contributed by atoms with E-state index in [1.54, 1.807) is 50.1 Å². The monoisotopic (exact) mass is 464 g/mol. The number of aryl methyl sites for hydroxylation is 2. The average Bonchev–Trinajstić information content (AvgIpc) is 3.23. The molecule has 0 aliphatic rings. The predicted octanol–water partition coefficient (Wildman–Crippen LogP) is 5.48. The molecule has 3 aromatic heterocycles. The van der Waals surface area contributed by atoms with Crippen molar-refractivity contribution < 1.29 is 9.53 Å². The molecule has 1 amide bonds. The lowest BCUT2D eigenvalue weighted by atomic mass is 10.0. The van der Waals surface area contributed by atoms with Gasteiger partial charge in [-0.25, -0.2) is 4.98 Å². The highest BCUT2D eigenvalue weighted by Crippen LogP contribution is 2.30. The van der Waals surface area contributed by atoms with Crippen molar-refractivity contribution >= 4 is 28.8 Å². The Labute approximate surface area is 195 Å². The lowest BCUT2D eigenvalue weighted by molar-refractivity contribution is 0.0951. The maximum absolute atomic E-state index is 13.2. The van der Waals surface area contributed by atoms with Crippen LogP contribution in [0.2, 0.25) is 5.02 Å². The van der Waals surface area contributed by atoms with Gasteiger partial charge in [-0.05, 0) is 49.2 Å². The van der Waals surface area contributed by atoms with Gasteiger partial charge in [-0.3, -0.25) is 14.8 Å². The molecule has 4 aromatic rings. The number of nitrogens with one attached hydrogen (secondary N) is 1. The van der Waals surface area contributed by atoms with E-state index in [1.807, 2.05) is 26.0 Å². The second-order valence-corrected chi connectivity index (χ2v) is 8.94. The number of carbonyl (C=O) groups is 1. The summed E-state index contributed by atoms with van der Waals surface area (Å²) in [6, 6.07) is 9.21. The summed E-state index contributed by atoms with van der Waals surface area (Å²) in [6.45, 7) is 4.27. The van der Waals surface area contributed by atoms with Crippen LogP contribution in [0, 0.1) is 13.8 Å². The summed E-state index contributed by atoms with van der Waals surface area (Å²) in [7, 11) is 1.56. The van der Waals surface area contributed by atoms with Gasteiger partial charge in [-0.2, -0.15) is 0 Å². The molecule has 4 rings (SSSR count). The zero-order chi connectivity index (χ0) is 22.7. The van der Waals surface area contributed by atoms with E-state index >= 15 is 0 Å². The van der Waals surface area contributed by atoms with E-state index in [1.165, 1.54) is 11.3 Å². The van der Waals surface area contributed by atoms with Gasteiger partial charge in [0.15, 0.2) is 0 Å². The summed E-state index contributed by atoms with van der Waals surface area (Å²) >= 11 is 7.73. The minimum Gasteiger partial charge on any atom is -0.495 e. The second kappa shape index (κ2) is 9.46. The highest BCUT2D eigenvalue weighted by molar-refractivity contribution is 7.15. The summed E-state index contributed by atoms with van der Waals surface area (Å²) in [5, 5.41) is 4.23. The number of hydrogen-bond acceptors (Lipinski definition) is 6. The molecule has 0 bridgehead atoms. The van der Waals surface area contributed by atoms with Crippen LogP contribution in [0.25, 0.3) is 21.8 Å². The summed E-state index contributed by atoms with van der Waals surface area (Å²) in [4.78, 5) is 27.6. The van der Waals surface area contributed by atoms with Crippen LogP contribution in [0.15, 0.2) is 55.1 Å². The molecule has 0 saturated carbocycles. The summed E-state index contributed by atoms with van der Waals surface area (Å²) in [6.07, 6.45) is 7.02. The molecule has 0 radical (unpaired) electrons. The van der Waals surface area contributed by atoms with Crippen molar-refractivity contribution in [2.45, 2.75) is 20.4 Å². The lowest BCUT2D eigenvalue weighted by Crippen LogP contribution is -2.23. The second-order valence-electron chi connectivity index (χ2n) is 7.29. The van der Waals surface area contributed by atoms with Crippen LogP contribution < -0.4 is 10.1 Å². The zero-order valence-electron chi connectivity index (χ0n) is 17.8. The Hall–Kier alpha value is -3.29. The van der Waals surface area contributed by atoms with Crippen LogP contribution in [-0.2, 0) is 6.54 Å². The van der Waals surface area contributed by atoms with E-state index in [4.69, 9.17) is 16.3 Å². The first-order valence-electron chi connectivity index (χ1n) is 9.90. The van der Waals surface area contributed by atoms with Gasteiger partial charge in [-0.1, -0.05) is 17.7 Å². The molecule has 0 atom stereocenters. The van der Waals surface area contributed by atoms with Crippen LogP contribution in [0.1, 0.15) is 26.4 Å². The van der Waals surface area contributed by atoms with Gasteiger partial charge in [0, 0.05) is 47.3 Å². The van der Waals surface area contributed by atoms with Crippen LogP contribution in [0.5, 0.6) is 5.75 Å². The van der Waals surface area contributed by atoms with Gasteiger partial charge in [-0.15, -0.1) is 11.3 Å². The largest absolute Gasteiger partial charge is 0.495 e. The maximum Gasteiger partial charge on any atom is 0.252 e. The number of ether oxygens (including phenoxy) is 1. The van der Waals surface area contributed by atoms with Crippen molar-refractivity contribution in [3.63, 3.8) is 0 Å². The number of aromatic nitrogens is 3. The van der Waals surface area contributed by atoms with Crippen LogP contribution >= 0.6 is 22.9 Å². The molecule has 0 aliphatic carbocycles. The van der Waals surface area contributed by atoms with Crippen LogP contribution in [-0.4, -0.2) is 28.0 Å². The quantitative estimate of drug-likeness (QED) is 0.409. The van der Waals surface area contributed by atoms with E-state index in [9.17, 15) is 4.79 Å². The van der Waals surface area contributed by atoms with E-state index in [0.717, 1.165) is 26.6 Å². The van der Waals surface area contributed by atoms with E-state index in [0.29, 0.717) is 34.1 Å². The van der Waals surface area contributed by atoms with Gasteiger partial charge in [0.2, 0.25) is 0 Å². The van der Waals surface area contributed by atoms with Crippen LogP contribution in [0.4, 0.5) is 0 Å². The minimum absolute atomic E-state index is 0.218. The first-order valence-corrected chi connectivity index (χ1v) is 11.1. The maximum atomic E-state index is 13.2. The Bertz CT molecular complexity index is 1290. The predicted molar refractivity (Wildman–Crippen MR) is 127 cm³/mol. The number of amides is 1. The van der Waals surface area contributed by atoms with Gasteiger partial charge < -0.3 is 10.1 Å². The Morgan fingerprint density at radius 1 is 1.09 bits per heavy atom. The fourth-order valence-corrected chi connectivity index (χ4v) is 4.31. The third-order valence-corrected chi connectivity index (χ3v) is 6.08. The third-order valence-electron chi connectivity index (χ3n) is 4.84. The number of carbonyl (C=O) groups excluding carboxylic acids is 1. The van der Waals surface area contributed by atoms with Crippen LogP contribution in [0.3, 0.4) is 0 Å². The highest BCUT2D eigenvalue weighted by atomic mass is 35.5. The smallest absolute Gasteiger partial charge is 0.252 e. The molecule has 0 saturated heterocycles. The lowest BCUT2D eigenvalue weighted by Gasteiger charge is -2.12. The van der Waals surface area contributed by atoms with E-state index in [2.05, 4.69) is 20.3 Å². The summed E-state index contributed by atoms with van der Waals surface area (Å²) in [5.41, 5.74) is 4.61. The molecule has 1 aromatic carbocycles. The molecular formula is C24H21ClN4O2S. The molecule has 8 heteroatoms. The topological polar surface area (TPSA) is 77.0 Å². The van der Waals surface area contributed by atoms with Crippen molar-refractivity contribution in [3.8, 4) is 27.6 Å². The molecule has 162 valence electrons. The number of rotatable bonds is 6. The van der Waals surface area contributed by atoms with Crippen molar-refractivity contribution in [1.29, 1.82) is 0 Å². The fraction of sp³-hybridized carbons (Fsp3) is 0.167. The first kappa shape index (κ1) is 21.9. The Morgan fingerprint density at radius 2 is 1.94 bits per heavy atom. The molecular weight excluding hydrogens is 444 g/mol. The summed E-state index contributed by atoms with van der Waals surface area (Å²) < 4.78 is 5.19. The molecule has 0 fully saturated rings. The third kappa shape index (κ3) is 4.79. The number of halogens is 1. The number of hydrogen-bond donors (Lipinski definition) is 1. The standard InChI is InChI=1S/C24H21ClN4O2S/c1-14-6-17(12-26-9-14)21-8-18(19(13-27-21)24-29-10-15(2)32-24)23(30)28-11-16-4-5-22(31-3)20(25)7-16/h4-10,12-13H,11H2,1-3H3,(H,28,30). The van der Waals surface area contributed by atoms with Crippen molar-refractivity contribution in [2.24, 2.45) is 0 Å². The fourth-order valence-electron chi connectivity index (χ4n) is 3.24. The number of thiazole rings is 1. The molecule has 6 nitrogen and oxygen atoms in total. The molecule has 0 spiro atoms. The number of pyridine rings is 2. The van der Waals surface area contributed by atoms with Gasteiger partial charge in [0.05, 0.1) is 23.4 Å². The number of nitrogens with zero attached hydrogens (tertiary/aromatic N) is 3. The minimum atomic E-state index is -0.218. The van der Waals surface area contributed by atoms with E-state index < -0.39 is 0 Å². The molecule has 0 aliphatic heterocycles. The zero-order valence-corrected chi connectivity index (χ0v) is 19.4. The summed E-state index contributed by atoms with van der Waals surface area (Å²) in [5.74, 6) is 0.373.